The number of hydrogen-bond donors (Lipinski definition) is 0. The van der Waals surface area contributed by atoms with Crippen molar-refractivity contribution in [3.63, 3.8) is 0 Å². The summed E-state index contributed by atoms with van der Waals surface area (Å²) in [6.07, 6.45) is -0.815. The highest BCUT2D eigenvalue weighted by Gasteiger charge is 2.28. The molecule has 2 aromatic rings. The summed E-state index contributed by atoms with van der Waals surface area (Å²) in [5.74, 6) is -0.596. The van der Waals surface area contributed by atoms with Gasteiger partial charge < -0.3 is 4.74 Å². The lowest BCUT2D eigenvalue weighted by atomic mass is 10.1. The molecule has 1 aromatic heterocycles. The highest BCUT2D eigenvalue weighted by atomic mass is 32.1. The molecule has 114 valence electrons. The van der Waals surface area contributed by atoms with Gasteiger partial charge in [0.05, 0.1) is 12.0 Å². The highest BCUT2D eigenvalue weighted by molar-refractivity contribution is 7.14. The molecule has 0 bridgehead atoms. The summed E-state index contributed by atoms with van der Waals surface area (Å²) in [6, 6.07) is 7.16. The van der Waals surface area contributed by atoms with Gasteiger partial charge in [-0.05, 0) is 36.1 Å². The Hall–Kier alpha value is -2.74. The molecule has 2 rings (SSSR count). The molecule has 0 N–H and O–H groups in total. The first-order valence-electron chi connectivity index (χ1n) is 6.16. The maximum Gasteiger partial charge on any atom is 0.421 e. The number of hydrogen-bond acceptors (Lipinski definition) is 6. The number of nitro groups is 1. The van der Waals surface area contributed by atoms with E-state index >= 15 is 0 Å². The van der Waals surface area contributed by atoms with Crippen molar-refractivity contribution in [2.75, 3.05) is 12.0 Å². The topological polar surface area (TPSA) is 89.8 Å². The van der Waals surface area contributed by atoms with Crippen LogP contribution in [0.25, 0.3) is 0 Å². The summed E-state index contributed by atoms with van der Waals surface area (Å²) in [4.78, 5) is 35.6. The smallest absolute Gasteiger partial charge is 0.421 e. The predicted molar refractivity (Wildman–Crippen MR) is 81.4 cm³/mol. The van der Waals surface area contributed by atoms with Gasteiger partial charge in [-0.1, -0.05) is 0 Å². The summed E-state index contributed by atoms with van der Waals surface area (Å²) in [5.41, 5.74) is 0.490. The molecule has 1 heterocycles. The molecule has 0 saturated heterocycles. The minimum Gasteiger partial charge on any atom is -0.452 e. The van der Waals surface area contributed by atoms with Gasteiger partial charge in [-0.3, -0.25) is 14.9 Å². The molecular weight excluding hydrogens is 308 g/mol. The van der Waals surface area contributed by atoms with Crippen LogP contribution >= 0.6 is 11.3 Å². The number of rotatable bonds is 3. The van der Waals surface area contributed by atoms with Crippen LogP contribution in [-0.4, -0.2) is 24.0 Å². The Morgan fingerprint density at radius 2 is 2.05 bits per heavy atom. The lowest BCUT2D eigenvalue weighted by Crippen LogP contribution is -2.36. The molecule has 0 saturated carbocycles. The minimum atomic E-state index is -0.815. The molecule has 1 aromatic carbocycles. The second kappa shape index (κ2) is 6.35. The van der Waals surface area contributed by atoms with Crippen LogP contribution in [0.2, 0.25) is 0 Å². The second-order valence-corrected chi connectivity index (χ2v) is 5.24. The molecule has 0 unspecified atom stereocenters. The number of ether oxygens (including phenoxy) is 1. The van der Waals surface area contributed by atoms with E-state index in [9.17, 15) is 19.7 Å². The summed E-state index contributed by atoms with van der Waals surface area (Å²) in [5, 5.41) is 12.9. The molecule has 0 aliphatic heterocycles. The van der Waals surface area contributed by atoms with E-state index in [1.807, 2.05) is 0 Å². The van der Waals surface area contributed by atoms with Gasteiger partial charge in [-0.2, -0.15) is 0 Å². The molecule has 2 amide bonds. The van der Waals surface area contributed by atoms with Gasteiger partial charge in [-0.25, -0.2) is 9.69 Å². The third kappa shape index (κ3) is 2.96. The van der Waals surface area contributed by atoms with Crippen molar-refractivity contribution in [2.45, 2.75) is 6.92 Å². The van der Waals surface area contributed by atoms with Crippen molar-refractivity contribution in [3.8, 4) is 0 Å². The lowest BCUT2D eigenvalue weighted by Gasteiger charge is -2.18. The molecule has 7 nitrogen and oxygen atoms in total. The number of aryl methyl sites for hydroxylation is 1. The second-order valence-electron chi connectivity index (χ2n) is 4.32. The van der Waals surface area contributed by atoms with Gasteiger partial charge in [0.1, 0.15) is 5.00 Å². The monoisotopic (exact) mass is 320 g/mol. The number of anilines is 1. The third-order valence-electron chi connectivity index (χ3n) is 2.94. The zero-order valence-electron chi connectivity index (χ0n) is 11.8. The molecular formula is C14H12N2O5S. The number of carbonyl (C=O) groups excluding carboxylic acids is 2. The van der Waals surface area contributed by atoms with Gasteiger partial charge >= 0.3 is 6.09 Å². The molecule has 0 spiro atoms. The first kappa shape index (κ1) is 15.6. The van der Waals surface area contributed by atoms with Crippen LogP contribution in [0.3, 0.4) is 0 Å². The van der Waals surface area contributed by atoms with Crippen molar-refractivity contribution in [1.82, 2.24) is 0 Å². The van der Waals surface area contributed by atoms with Crippen LogP contribution in [0, 0.1) is 17.0 Å². The lowest BCUT2D eigenvalue weighted by molar-refractivity contribution is -0.384. The number of carbonyl (C=O) groups is 2. The van der Waals surface area contributed by atoms with Crippen molar-refractivity contribution in [3.05, 3.63) is 57.0 Å². The van der Waals surface area contributed by atoms with Crippen molar-refractivity contribution in [1.29, 1.82) is 0 Å². The summed E-state index contributed by atoms with van der Waals surface area (Å²) in [6.45, 7) is 1.57. The van der Waals surface area contributed by atoms with Gasteiger partial charge in [0.2, 0.25) is 0 Å². The highest BCUT2D eigenvalue weighted by Crippen LogP contribution is 2.26. The predicted octanol–water partition coefficient (Wildman–Crippen LogP) is 3.38. The number of thiophene rings is 1. The van der Waals surface area contributed by atoms with E-state index in [0.717, 1.165) is 4.90 Å². The van der Waals surface area contributed by atoms with Gasteiger partial charge in [0, 0.05) is 17.7 Å². The fourth-order valence-electron chi connectivity index (χ4n) is 1.88. The Bertz CT molecular complexity index is 727. The maximum absolute atomic E-state index is 12.6. The van der Waals surface area contributed by atoms with Crippen LogP contribution in [-0.2, 0) is 4.74 Å². The van der Waals surface area contributed by atoms with Crippen molar-refractivity contribution < 1.29 is 19.2 Å². The Labute approximate surface area is 129 Å². The molecule has 0 radical (unpaired) electrons. The number of nitrogens with zero attached hydrogens (tertiary/aromatic N) is 2. The quantitative estimate of drug-likeness (QED) is 0.639. The summed E-state index contributed by atoms with van der Waals surface area (Å²) in [7, 11) is 1.18. The van der Waals surface area contributed by atoms with E-state index < -0.39 is 16.9 Å². The Kier molecular flexibility index (Phi) is 4.52. The summed E-state index contributed by atoms with van der Waals surface area (Å²) >= 11 is 1.21. The molecule has 0 atom stereocenters. The average molecular weight is 320 g/mol. The van der Waals surface area contributed by atoms with Gasteiger partial charge in [0.25, 0.3) is 11.6 Å². The zero-order chi connectivity index (χ0) is 16.3. The number of imide groups is 1. The SMILES string of the molecule is COC(=O)N(C(=O)c1ccc([N+](=O)[O-])cc1C)c1cccs1. The zero-order valence-corrected chi connectivity index (χ0v) is 12.6. The molecule has 0 fully saturated rings. The van der Waals surface area contributed by atoms with Crippen LogP contribution in [0.5, 0.6) is 0 Å². The fraction of sp³-hybridized carbons (Fsp3) is 0.143. The largest absolute Gasteiger partial charge is 0.452 e. The molecule has 0 aliphatic carbocycles. The third-order valence-corrected chi connectivity index (χ3v) is 3.79. The van der Waals surface area contributed by atoms with Crippen LogP contribution in [0.1, 0.15) is 15.9 Å². The maximum atomic E-state index is 12.6. The minimum absolute atomic E-state index is 0.116. The standard InChI is InChI=1S/C14H12N2O5S/c1-9-8-10(16(19)20)5-6-11(9)13(17)15(14(18)21-2)12-4-3-7-22-12/h3-8H,1-2H3. The van der Waals surface area contributed by atoms with Crippen LogP contribution in [0.15, 0.2) is 35.7 Å². The van der Waals surface area contributed by atoms with E-state index in [4.69, 9.17) is 0 Å². The number of nitro benzene ring substituents is 1. The molecule has 8 heteroatoms. The number of amides is 2. The van der Waals surface area contributed by atoms with Gasteiger partial charge in [-0.15, -0.1) is 11.3 Å². The van der Waals surface area contributed by atoms with Gasteiger partial charge in [0.15, 0.2) is 0 Å². The van der Waals surface area contributed by atoms with E-state index in [1.165, 1.54) is 36.6 Å². The van der Waals surface area contributed by atoms with Crippen molar-refractivity contribution in [2.24, 2.45) is 0 Å². The summed E-state index contributed by atoms with van der Waals surface area (Å²) < 4.78 is 4.65. The normalized spacial score (nSPS) is 10.1. The van der Waals surface area contributed by atoms with E-state index in [1.54, 1.807) is 24.4 Å². The average Bonchev–Trinajstić information content (AvgIpc) is 3.00. The number of benzene rings is 1. The molecule has 22 heavy (non-hydrogen) atoms. The van der Waals surface area contributed by atoms with Crippen LogP contribution in [0.4, 0.5) is 15.5 Å². The van der Waals surface area contributed by atoms with Crippen LogP contribution < -0.4 is 4.90 Å². The number of non-ortho nitro benzene ring substituents is 1. The van der Waals surface area contributed by atoms with E-state index in [0.29, 0.717) is 10.6 Å². The Morgan fingerprint density at radius 3 is 2.55 bits per heavy atom. The fourth-order valence-corrected chi connectivity index (χ4v) is 2.60. The van der Waals surface area contributed by atoms with E-state index in [2.05, 4.69) is 4.74 Å². The van der Waals surface area contributed by atoms with Crippen molar-refractivity contribution >= 4 is 34.0 Å². The Balaban J connectivity index is 2.44. The van der Waals surface area contributed by atoms with E-state index in [-0.39, 0.29) is 11.3 Å². The first-order valence-corrected chi connectivity index (χ1v) is 7.04. The number of methoxy groups -OCH3 is 1. The Morgan fingerprint density at radius 1 is 1.32 bits per heavy atom. The first-order chi connectivity index (χ1) is 10.5. The molecule has 0 aliphatic rings.